The summed E-state index contributed by atoms with van der Waals surface area (Å²) >= 11 is 9.50. The van der Waals surface area contributed by atoms with E-state index in [1.807, 2.05) is 19.9 Å². The molecule has 9 heteroatoms. The second-order valence-corrected chi connectivity index (χ2v) is 8.43. The largest absolute Gasteiger partial charge is 0.479 e. The van der Waals surface area contributed by atoms with Gasteiger partial charge in [0.2, 0.25) is 0 Å². The van der Waals surface area contributed by atoms with Crippen LogP contribution in [0.3, 0.4) is 0 Å². The fraction of sp³-hybridized carbons (Fsp3) is 0.273. The van der Waals surface area contributed by atoms with Gasteiger partial charge in [0.1, 0.15) is 11.6 Å². The molecule has 0 aliphatic carbocycles. The second kappa shape index (κ2) is 9.62. The first-order chi connectivity index (χ1) is 14.7. The van der Waals surface area contributed by atoms with Crippen molar-refractivity contribution >= 4 is 50.6 Å². The van der Waals surface area contributed by atoms with Crippen LogP contribution in [-0.2, 0) is 4.79 Å². The van der Waals surface area contributed by atoms with E-state index in [0.717, 1.165) is 10.9 Å². The summed E-state index contributed by atoms with van der Waals surface area (Å²) in [6, 6.07) is 10.1. The molecule has 0 spiro atoms. The van der Waals surface area contributed by atoms with Gasteiger partial charge >= 0.3 is 5.97 Å². The fourth-order valence-corrected chi connectivity index (χ4v) is 3.41. The molecule has 2 atom stereocenters. The molecule has 2 aromatic carbocycles. The molecule has 0 saturated carbocycles. The van der Waals surface area contributed by atoms with Crippen LogP contribution in [0.5, 0.6) is 5.75 Å². The van der Waals surface area contributed by atoms with Crippen molar-refractivity contribution in [2.75, 3.05) is 0 Å². The number of aliphatic carboxylic acids is 1. The summed E-state index contributed by atoms with van der Waals surface area (Å²) in [4.78, 5) is 29.0. The third-order valence-corrected chi connectivity index (χ3v) is 5.55. The number of nitrogens with zero attached hydrogens (tertiary/aromatic N) is 3. The van der Waals surface area contributed by atoms with E-state index in [0.29, 0.717) is 27.3 Å². The molecule has 0 unspecified atom stereocenters. The number of halogens is 2. The van der Waals surface area contributed by atoms with Crippen LogP contribution in [0.1, 0.15) is 44.5 Å². The minimum absolute atomic E-state index is 0.0139. The maximum absolute atomic E-state index is 13.2. The molecule has 0 aliphatic rings. The summed E-state index contributed by atoms with van der Waals surface area (Å²) in [7, 11) is 0. The number of aromatic nitrogens is 2. The minimum Gasteiger partial charge on any atom is -0.479 e. The highest BCUT2D eigenvalue weighted by molar-refractivity contribution is 9.10. The second-order valence-electron chi connectivity index (χ2n) is 7.08. The average molecular weight is 507 g/mol. The lowest BCUT2D eigenvalue weighted by molar-refractivity contribution is -0.144. The van der Waals surface area contributed by atoms with Gasteiger partial charge in [0.25, 0.3) is 5.56 Å². The van der Waals surface area contributed by atoms with E-state index in [-0.39, 0.29) is 17.2 Å². The number of rotatable bonds is 7. The number of benzene rings is 2. The van der Waals surface area contributed by atoms with E-state index in [1.165, 1.54) is 17.8 Å². The zero-order valence-corrected chi connectivity index (χ0v) is 19.5. The van der Waals surface area contributed by atoms with Crippen LogP contribution >= 0.6 is 27.5 Å². The van der Waals surface area contributed by atoms with E-state index in [4.69, 9.17) is 21.4 Å². The topological polar surface area (TPSA) is 93.8 Å². The van der Waals surface area contributed by atoms with Crippen LogP contribution in [0.2, 0.25) is 5.02 Å². The normalized spacial score (nSPS) is 13.5. The highest BCUT2D eigenvalue weighted by Crippen LogP contribution is 2.24. The molecule has 31 heavy (non-hydrogen) atoms. The molecule has 7 nitrogen and oxygen atoms in total. The predicted molar refractivity (Wildman–Crippen MR) is 125 cm³/mol. The van der Waals surface area contributed by atoms with Crippen LogP contribution in [0.25, 0.3) is 10.9 Å². The average Bonchev–Trinajstić information content (AvgIpc) is 2.74. The van der Waals surface area contributed by atoms with Gasteiger partial charge in [-0.05, 0) is 49.7 Å². The summed E-state index contributed by atoms with van der Waals surface area (Å²) in [5, 5.41) is 14.4. The highest BCUT2D eigenvalue weighted by Gasteiger charge is 2.17. The first-order valence-electron chi connectivity index (χ1n) is 9.66. The third kappa shape index (κ3) is 5.14. The Hall–Kier alpha value is -2.71. The van der Waals surface area contributed by atoms with Crippen molar-refractivity contribution in [3.05, 3.63) is 67.6 Å². The van der Waals surface area contributed by atoms with Crippen LogP contribution in [0.15, 0.2) is 50.8 Å². The van der Waals surface area contributed by atoms with E-state index >= 15 is 0 Å². The Morgan fingerprint density at radius 1 is 1.32 bits per heavy atom. The van der Waals surface area contributed by atoms with Gasteiger partial charge < -0.3 is 9.84 Å². The monoisotopic (exact) mass is 505 g/mol. The Balaban J connectivity index is 2.15. The van der Waals surface area contributed by atoms with Gasteiger partial charge in [0.05, 0.1) is 17.1 Å². The van der Waals surface area contributed by atoms with Crippen molar-refractivity contribution in [3.8, 4) is 5.75 Å². The highest BCUT2D eigenvalue weighted by atomic mass is 79.9. The Bertz CT molecular complexity index is 1230. The van der Waals surface area contributed by atoms with Crippen molar-refractivity contribution in [1.82, 2.24) is 9.66 Å². The van der Waals surface area contributed by atoms with Crippen LogP contribution in [0, 0.1) is 0 Å². The van der Waals surface area contributed by atoms with Gasteiger partial charge in [-0.1, -0.05) is 41.4 Å². The van der Waals surface area contributed by atoms with Gasteiger partial charge in [-0.3, -0.25) is 4.79 Å². The maximum atomic E-state index is 13.2. The number of carboxylic acid groups (broad SMARTS) is 1. The SMILES string of the molecule is CC[C@@H](C)c1nc2ccc(Br)cc2c(=O)n1N=Cc1cc(Cl)ccc1O[C@@H](C)C(=O)O. The van der Waals surface area contributed by atoms with Gasteiger partial charge in [0, 0.05) is 21.0 Å². The molecule has 3 rings (SSSR count). The molecule has 162 valence electrons. The van der Waals surface area contributed by atoms with Gasteiger partial charge in [-0.2, -0.15) is 9.78 Å². The molecule has 1 aromatic heterocycles. The third-order valence-electron chi connectivity index (χ3n) is 4.82. The van der Waals surface area contributed by atoms with E-state index in [9.17, 15) is 9.59 Å². The lowest BCUT2D eigenvalue weighted by Gasteiger charge is -2.15. The number of hydrogen-bond donors (Lipinski definition) is 1. The number of ether oxygens (including phenoxy) is 1. The van der Waals surface area contributed by atoms with E-state index < -0.39 is 12.1 Å². The summed E-state index contributed by atoms with van der Waals surface area (Å²) < 4.78 is 7.54. The summed E-state index contributed by atoms with van der Waals surface area (Å²) in [5.41, 5.74) is 0.732. The molecule has 0 radical (unpaired) electrons. The number of carbonyl (C=O) groups is 1. The Morgan fingerprint density at radius 2 is 2.06 bits per heavy atom. The summed E-state index contributed by atoms with van der Waals surface area (Å²) in [5.74, 6) is -0.294. The smallest absolute Gasteiger partial charge is 0.344 e. The van der Waals surface area contributed by atoms with Crippen molar-refractivity contribution in [2.45, 2.75) is 39.2 Å². The summed E-state index contributed by atoms with van der Waals surface area (Å²) in [6.45, 7) is 5.41. The Labute approximate surface area is 192 Å². The lowest BCUT2D eigenvalue weighted by Crippen LogP contribution is -2.24. The number of hydrogen-bond acceptors (Lipinski definition) is 5. The molecule has 1 N–H and O–H groups in total. The number of fused-ring (bicyclic) bond motifs is 1. The Morgan fingerprint density at radius 3 is 2.74 bits per heavy atom. The molecule has 3 aromatic rings. The first kappa shape index (κ1) is 23.0. The Kier molecular flexibility index (Phi) is 7.12. The zero-order valence-electron chi connectivity index (χ0n) is 17.2. The molecule has 0 saturated heterocycles. The molecule has 0 aliphatic heterocycles. The molecular weight excluding hydrogens is 486 g/mol. The summed E-state index contributed by atoms with van der Waals surface area (Å²) in [6.07, 6.45) is 1.13. The van der Waals surface area contributed by atoms with Crippen molar-refractivity contribution in [1.29, 1.82) is 0 Å². The van der Waals surface area contributed by atoms with Crippen LogP contribution < -0.4 is 10.3 Å². The number of carboxylic acids is 1. The van der Waals surface area contributed by atoms with Crippen molar-refractivity contribution in [3.63, 3.8) is 0 Å². The molecule has 0 amide bonds. The zero-order chi connectivity index (χ0) is 22.7. The van der Waals surface area contributed by atoms with E-state index in [2.05, 4.69) is 26.0 Å². The standard InChI is InChI=1S/C22H21BrClN3O4/c1-4-12(2)20-26-18-7-5-15(23)10-17(18)21(28)27(20)25-11-14-9-16(24)6-8-19(14)31-13(3)22(29)30/h5-13H,4H2,1-3H3,(H,29,30)/t12-,13+/m1/s1. The fourth-order valence-electron chi connectivity index (χ4n) is 2.87. The molecule has 0 fully saturated rings. The van der Waals surface area contributed by atoms with Gasteiger partial charge in [0.15, 0.2) is 6.10 Å². The predicted octanol–water partition coefficient (Wildman–Crippen LogP) is 5.06. The molecular formula is C22H21BrClN3O4. The van der Waals surface area contributed by atoms with Crippen LogP contribution in [0.4, 0.5) is 0 Å². The molecule has 0 bridgehead atoms. The van der Waals surface area contributed by atoms with E-state index in [1.54, 1.807) is 30.3 Å². The van der Waals surface area contributed by atoms with Crippen molar-refractivity contribution < 1.29 is 14.6 Å². The molecule has 1 heterocycles. The van der Waals surface area contributed by atoms with Gasteiger partial charge in [-0.15, -0.1) is 0 Å². The minimum atomic E-state index is -1.10. The van der Waals surface area contributed by atoms with Gasteiger partial charge in [-0.25, -0.2) is 9.78 Å². The maximum Gasteiger partial charge on any atom is 0.344 e. The first-order valence-corrected chi connectivity index (χ1v) is 10.8. The quantitative estimate of drug-likeness (QED) is 0.452. The van der Waals surface area contributed by atoms with Crippen molar-refractivity contribution in [2.24, 2.45) is 5.10 Å². The lowest BCUT2D eigenvalue weighted by atomic mass is 10.1. The van der Waals surface area contributed by atoms with Crippen LogP contribution in [-0.4, -0.2) is 33.1 Å².